The summed E-state index contributed by atoms with van der Waals surface area (Å²) in [7, 11) is 4.38. The minimum atomic E-state index is 0.189. The third-order valence-corrected chi connectivity index (χ3v) is 6.27. The molecule has 0 aliphatic carbocycles. The van der Waals surface area contributed by atoms with Gasteiger partial charge in [-0.05, 0) is 46.7 Å². The van der Waals surface area contributed by atoms with E-state index in [0.717, 1.165) is 77.5 Å². The van der Waals surface area contributed by atoms with E-state index in [2.05, 4.69) is 60.2 Å². The number of hydrogen-bond acceptors (Lipinski definition) is 4. The lowest BCUT2D eigenvalue weighted by Gasteiger charge is -2.37. The van der Waals surface area contributed by atoms with Gasteiger partial charge in [0, 0.05) is 57.3 Å². The number of carbonyl (C=O) groups is 1. The van der Waals surface area contributed by atoms with Crippen LogP contribution in [0, 0.1) is 5.92 Å². The van der Waals surface area contributed by atoms with Gasteiger partial charge < -0.3 is 20.4 Å². The maximum Gasteiger partial charge on any atom is 0.225 e. The molecule has 0 aromatic heterocycles. The number of likely N-dealkylation sites (N-methyl/N-ethyl adjacent to an activating group) is 2. The number of amides is 1. The zero-order valence-corrected chi connectivity index (χ0v) is 18.7. The SMILES string of the molecule is CCNC(=NCC1CN(C)CCN1C)NC1CCN(C(=O)C(CC)CC)CC1. The summed E-state index contributed by atoms with van der Waals surface area (Å²) in [6, 6.07) is 0.851. The fraction of sp³-hybridized carbons (Fsp3) is 0.905. The van der Waals surface area contributed by atoms with E-state index in [1.54, 1.807) is 0 Å². The highest BCUT2D eigenvalue weighted by atomic mass is 16.2. The van der Waals surface area contributed by atoms with E-state index in [0.29, 0.717) is 18.0 Å². The number of aliphatic imine (C=N–C) groups is 1. The number of piperazine rings is 1. The average molecular weight is 395 g/mol. The normalized spacial score (nSPS) is 23.3. The van der Waals surface area contributed by atoms with Gasteiger partial charge in [0.2, 0.25) is 5.91 Å². The summed E-state index contributed by atoms with van der Waals surface area (Å²) in [4.78, 5) is 24.3. The first-order chi connectivity index (χ1) is 13.5. The van der Waals surface area contributed by atoms with Crippen LogP contribution in [0.3, 0.4) is 0 Å². The van der Waals surface area contributed by atoms with Crippen molar-refractivity contribution in [1.29, 1.82) is 0 Å². The number of rotatable bonds is 7. The highest BCUT2D eigenvalue weighted by Crippen LogP contribution is 2.17. The molecule has 2 saturated heterocycles. The Morgan fingerprint density at radius 2 is 1.75 bits per heavy atom. The van der Waals surface area contributed by atoms with E-state index in [-0.39, 0.29) is 5.92 Å². The van der Waals surface area contributed by atoms with Crippen molar-refractivity contribution in [2.45, 2.75) is 58.5 Å². The molecule has 2 rings (SSSR count). The summed E-state index contributed by atoms with van der Waals surface area (Å²) in [5, 5.41) is 7.00. The molecule has 7 nitrogen and oxygen atoms in total. The van der Waals surface area contributed by atoms with Crippen molar-refractivity contribution in [3.63, 3.8) is 0 Å². The van der Waals surface area contributed by atoms with Crippen LogP contribution in [0.1, 0.15) is 46.5 Å². The zero-order valence-electron chi connectivity index (χ0n) is 18.7. The molecule has 1 atom stereocenters. The van der Waals surface area contributed by atoms with Crippen molar-refractivity contribution in [2.75, 3.05) is 59.9 Å². The molecule has 1 unspecified atom stereocenters. The lowest BCUT2D eigenvalue weighted by molar-refractivity contribution is -0.136. The predicted molar refractivity (Wildman–Crippen MR) is 117 cm³/mol. The van der Waals surface area contributed by atoms with Gasteiger partial charge in [0.15, 0.2) is 5.96 Å². The average Bonchev–Trinajstić information content (AvgIpc) is 2.70. The fourth-order valence-corrected chi connectivity index (χ4v) is 4.15. The maximum atomic E-state index is 12.6. The van der Waals surface area contributed by atoms with Crippen molar-refractivity contribution in [1.82, 2.24) is 25.3 Å². The maximum absolute atomic E-state index is 12.6. The van der Waals surface area contributed by atoms with Gasteiger partial charge in [0.05, 0.1) is 6.54 Å². The zero-order chi connectivity index (χ0) is 20.5. The van der Waals surface area contributed by atoms with Crippen molar-refractivity contribution in [3.05, 3.63) is 0 Å². The van der Waals surface area contributed by atoms with E-state index < -0.39 is 0 Å². The summed E-state index contributed by atoms with van der Waals surface area (Å²) in [5.41, 5.74) is 0. The van der Waals surface area contributed by atoms with Crippen LogP contribution in [-0.4, -0.2) is 98.6 Å². The van der Waals surface area contributed by atoms with Crippen molar-refractivity contribution >= 4 is 11.9 Å². The lowest BCUT2D eigenvalue weighted by atomic mass is 9.98. The molecule has 0 aromatic carbocycles. The minimum Gasteiger partial charge on any atom is -0.357 e. The molecule has 28 heavy (non-hydrogen) atoms. The Balaban J connectivity index is 1.85. The van der Waals surface area contributed by atoms with E-state index >= 15 is 0 Å². The lowest BCUT2D eigenvalue weighted by Crippen LogP contribution is -2.53. The van der Waals surface area contributed by atoms with Gasteiger partial charge in [-0.1, -0.05) is 13.8 Å². The van der Waals surface area contributed by atoms with Crippen molar-refractivity contribution < 1.29 is 4.79 Å². The van der Waals surface area contributed by atoms with Gasteiger partial charge in [0.1, 0.15) is 0 Å². The van der Waals surface area contributed by atoms with Crippen LogP contribution in [0.25, 0.3) is 0 Å². The molecule has 0 aromatic rings. The largest absolute Gasteiger partial charge is 0.357 e. The van der Waals surface area contributed by atoms with Crippen molar-refractivity contribution in [3.8, 4) is 0 Å². The molecule has 0 saturated carbocycles. The van der Waals surface area contributed by atoms with Crippen LogP contribution >= 0.6 is 0 Å². The van der Waals surface area contributed by atoms with Crippen LogP contribution in [0.15, 0.2) is 4.99 Å². The van der Waals surface area contributed by atoms with E-state index in [1.165, 1.54) is 0 Å². The number of piperidine rings is 1. The quantitative estimate of drug-likeness (QED) is 0.502. The highest BCUT2D eigenvalue weighted by molar-refractivity contribution is 5.80. The predicted octanol–water partition coefficient (Wildman–Crippen LogP) is 1.21. The van der Waals surface area contributed by atoms with Crippen LogP contribution in [0.4, 0.5) is 0 Å². The van der Waals surface area contributed by atoms with E-state index in [9.17, 15) is 4.79 Å². The molecule has 7 heteroatoms. The Hall–Kier alpha value is -1.34. The van der Waals surface area contributed by atoms with Gasteiger partial charge in [0.25, 0.3) is 0 Å². The van der Waals surface area contributed by atoms with Crippen molar-refractivity contribution in [2.24, 2.45) is 10.9 Å². The molecule has 2 N–H and O–H groups in total. The van der Waals surface area contributed by atoms with Crippen LogP contribution < -0.4 is 10.6 Å². The fourth-order valence-electron chi connectivity index (χ4n) is 4.15. The van der Waals surface area contributed by atoms with Gasteiger partial charge in [-0.3, -0.25) is 14.7 Å². The molecule has 1 amide bonds. The first-order valence-electron chi connectivity index (χ1n) is 11.2. The Kier molecular flexibility index (Phi) is 9.51. The first kappa shape index (κ1) is 22.9. The second kappa shape index (κ2) is 11.6. The van der Waals surface area contributed by atoms with Crippen LogP contribution in [0.5, 0.6) is 0 Å². The highest BCUT2D eigenvalue weighted by Gasteiger charge is 2.27. The number of carbonyl (C=O) groups excluding carboxylic acids is 1. The molecule has 162 valence electrons. The monoisotopic (exact) mass is 394 g/mol. The number of likely N-dealkylation sites (tertiary alicyclic amines) is 1. The second-order valence-corrected chi connectivity index (χ2v) is 8.37. The minimum absolute atomic E-state index is 0.189. The van der Waals surface area contributed by atoms with E-state index in [4.69, 9.17) is 4.99 Å². The standard InChI is InChI=1S/C21H42N6O/c1-6-17(7-2)20(28)27-11-9-18(10-12-27)24-21(22-8-3)23-15-19-16-25(4)13-14-26(19)5/h17-19H,6-16H2,1-5H3,(H2,22,23,24). The Labute approximate surface area is 171 Å². The Bertz CT molecular complexity index is 499. The third-order valence-electron chi connectivity index (χ3n) is 6.27. The molecule has 2 aliphatic rings. The number of hydrogen-bond donors (Lipinski definition) is 2. The second-order valence-electron chi connectivity index (χ2n) is 8.37. The summed E-state index contributed by atoms with van der Waals surface area (Å²) >= 11 is 0. The number of nitrogens with zero attached hydrogens (tertiary/aromatic N) is 4. The molecule has 0 bridgehead atoms. The van der Waals surface area contributed by atoms with Crippen LogP contribution in [-0.2, 0) is 4.79 Å². The van der Waals surface area contributed by atoms with Gasteiger partial charge in [-0.15, -0.1) is 0 Å². The summed E-state index contributed by atoms with van der Waals surface area (Å²) in [6.07, 6.45) is 3.86. The summed E-state index contributed by atoms with van der Waals surface area (Å²) < 4.78 is 0. The van der Waals surface area contributed by atoms with Gasteiger partial charge >= 0.3 is 0 Å². The third kappa shape index (κ3) is 6.62. The molecule has 0 spiro atoms. The van der Waals surface area contributed by atoms with Crippen LogP contribution in [0.2, 0.25) is 0 Å². The molecule has 0 radical (unpaired) electrons. The molecule has 2 aliphatic heterocycles. The topological polar surface area (TPSA) is 63.2 Å². The van der Waals surface area contributed by atoms with Gasteiger partial charge in [-0.2, -0.15) is 0 Å². The molecular formula is C21H42N6O. The molecule has 2 fully saturated rings. The summed E-state index contributed by atoms with van der Waals surface area (Å²) in [6.45, 7) is 13.0. The summed E-state index contributed by atoms with van der Waals surface area (Å²) in [5.74, 6) is 1.44. The first-order valence-corrected chi connectivity index (χ1v) is 11.2. The number of nitrogens with one attached hydrogen (secondary N) is 2. The van der Waals surface area contributed by atoms with E-state index in [1.807, 2.05) is 0 Å². The smallest absolute Gasteiger partial charge is 0.225 e. The molecular weight excluding hydrogens is 352 g/mol. The molecule has 2 heterocycles. The Morgan fingerprint density at radius 1 is 1.07 bits per heavy atom. The Morgan fingerprint density at radius 3 is 2.36 bits per heavy atom. The number of guanidine groups is 1. The van der Waals surface area contributed by atoms with Gasteiger partial charge in [-0.25, -0.2) is 0 Å².